The number of hydrogen-bond acceptors (Lipinski definition) is 4. The molecule has 0 spiro atoms. The van der Waals surface area contributed by atoms with Crippen LogP contribution in [0.25, 0.3) is 10.6 Å². The first-order valence-corrected chi connectivity index (χ1v) is 8.53. The van der Waals surface area contributed by atoms with Crippen molar-refractivity contribution in [2.75, 3.05) is 12.4 Å². The Morgan fingerprint density at radius 1 is 1.24 bits per heavy atom. The summed E-state index contributed by atoms with van der Waals surface area (Å²) < 4.78 is 18.9. The van der Waals surface area contributed by atoms with Crippen LogP contribution in [-0.4, -0.2) is 18.0 Å². The molecule has 0 radical (unpaired) electrons. The van der Waals surface area contributed by atoms with Gasteiger partial charge in [-0.25, -0.2) is 9.37 Å². The van der Waals surface area contributed by atoms with E-state index in [1.165, 1.54) is 23.5 Å². The molecule has 0 unspecified atom stereocenters. The van der Waals surface area contributed by atoms with Crippen molar-refractivity contribution < 1.29 is 13.9 Å². The van der Waals surface area contributed by atoms with Gasteiger partial charge in [-0.1, -0.05) is 24.3 Å². The van der Waals surface area contributed by atoms with Crippen LogP contribution in [0.2, 0.25) is 0 Å². The summed E-state index contributed by atoms with van der Waals surface area (Å²) >= 11 is 1.45. The molecule has 1 heterocycles. The second-order valence-corrected chi connectivity index (χ2v) is 6.55. The van der Waals surface area contributed by atoms with Crippen LogP contribution in [0.4, 0.5) is 10.1 Å². The minimum absolute atomic E-state index is 0.155. The molecule has 1 N–H and O–H groups in total. The molecule has 25 heavy (non-hydrogen) atoms. The van der Waals surface area contributed by atoms with Gasteiger partial charge in [-0.15, -0.1) is 11.3 Å². The molecule has 4 nitrogen and oxygen atoms in total. The zero-order valence-electron chi connectivity index (χ0n) is 13.9. The summed E-state index contributed by atoms with van der Waals surface area (Å²) in [6.07, 6.45) is 0.155. The molecule has 0 bridgehead atoms. The van der Waals surface area contributed by atoms with Crippen LogP contribution in [0.15, 0.2) is 48.5 Å². The van der Waals surface area contributed by atoms with Crippen LogP contribution < -0.4 is 10.1 Å². The second kappa shape index (κ2) is 7.44. The van der Waals surface area contributed by atoms with Crippen LogP contribution in [0.1, 0.15) is 10.6 Å². The number of hydrogen-bond donors (Lipinski definition) is 1. The van der Waals surface area contributed by atoms with Crippen molar-refractivity contribution in [2.24, 2.45) is 0 Å². The van der Waals surface area contributed by atoms with Crippen LogP contribution in [0.5, 0.6) is 5.75 Å². The van der Waals surface area contributed by atoms with Crippen molar-refractivity contribution in [3.05, 3.63) is 64.9 Å². The SMILES string of the molecule is COc1cccc(-c2nc(C)c(CC(=O)Nc3ccccc3F)s2)c1. The molecule has 1 amide bonds. The lowest BCUT2D eigenvalue weighted by atomic mass is 10.2. The van der Waals surface area contributed by atoms with E-state index in [1.54, 1.807) is 19.2 Å². The summed E-state index contributed by atoms with van der Waals surface area (Å²) in [6, 6.07) is 13.7. The van der Waals surface area contributed by atoms with E-state index in [2.05, 4.69) is 10.3 Å². The molecular formula is C19H17FN2O2S. The highest BCUT2D eigenvalue weighted by Crippen LogP contribution is 2.30. The summed E-state index contributed by atoms with van der Waals surface area (Å²) in [7, 11) is 1.62. The van der Waals surface area contributed by atoms with E-state index >= 15 is 0 Å². The average molecular weight is 356 g/mol. The molecule has 0 saturated carbocycles. The van der Waals surface area contributed by atoms with E-state index < -0.39 is 5.82 Å². The minimum Gasteiger partial charge on any atom is -0.497 e. The van der Waals surface area contributed by atoms with Gasteiger partial charge in [-0.3, -0.25) is 4.79 Å². The van der Waals surface area contributed by atoms with Gasteiger partial charge in [-0.2, -0.15) is 0 Å². The number of methoxy groups -OCH3 is 1. The highest BCUT2D eigenvalue weighted by atomic mass is 32.1. The number of carbonyl (C=O) groups excluding carboxylic acids is 1. The molecule has 3 aromatic rings. The third-order valence-corrected chi connectivity index (χ3v) is 4.88. The smallest absolute Gasteiger partial charge is 0.229 e. The maximum absolute atomic E-state index is 13.6. The van der Waals surface area contributed by atoms with Gasteiger partial charge in [0.25, 0.3) is 0 Å². The number of nitrogens with one attached hydrogen (secondary N) is 1. The van der Waals surface area contributed by atoms with Crippen molar-refractivity contribution >= 4 is 22.9 Å². The first-order chi connectivity index (χ1) is 12.1. The number of carbonyl (C=O) groups is 1. The number of halogens is 1. The van der Waals surface area contributed by atoms with E-state index in [-0.39, 0.29) is 18.0 Å². The van der Waals surface area contributed by atoms with Crippen LogP contribution in [0, 0.1) is 12.7 Å². The van der Waals surface area contributed by atoms with Gasteiger partial charge in [-0.05, 0) is 31.2 Å². The van der Waals surface area contributed by atoms with Crippen LogP contribution >= 0.6 is 11.3 Å². The Morgan fingerprint density at radius 3 is 2.80 bits per heavy atom. The quantitative estimate of drug-likeness (QED) is 0.735. The fourth-order valence-electron chi connectivity index (χ4n) is 2.37. The molecule has 0 atom stereocenters. The zero-order chi connectivity index (χ0) is 17.8. The number of thiazole rings is 1. The predicted octanol–water partition coefficient (Wildman–Crippen LogP) is 4.45. The number of nitrogens with zero attached hydrogens (tertiary/aromatic N) is 1. The van der Waals surface area contributed by atoms with E-state index in [0.717, 1.165) is 26.9 Å². The molecule has 0 aliphatic heterocycles. The van der Waals surface area contributed by atoms with E-state index in [0.29, 0.717) is 0 Å². The topological polar surface area (TPSA) is 51.2 Å². The Hall–Kier alpha value is -2.73. The molecule has 1 aromatic heterocycles. The number of benzene rings is 2. The summed E-state index contributed by atoms with van der Waals surface area (Å²) in [5.41, 5.74) is 1.92. The Bertz CT molecular complexity index is 908. The number of ether oxygens (including phenoxy) is 1. The van der Waals surface area contributed by atoms with Crippen molar-refractivity contribution in [2.45, 2.75) is 13.3 Å². The number of para-hydroxylation sites is 1. The Labute approximate surface area is 149 Å². The van der Waals surface area contributed by atoms with Gasteiger partial charge in [0.2, 0.25) is 5.91 Å². The predicted molar refractivity (Wildman–Crippen MR) is 97.6 cm³/mol. The lowest BCUT2D eigenvalue weighted by Gasteiger charge is -2.05. The largest absolute Gasteiger partial charge is 0.497 e. The maximum atomic E-state index is 13.6. The summed E-state index contributed by atoms with van der Waals surface area (Å²) in [4.78, 5) is 17.6. The molecule has 2 aromatic carbocycles. The van der Waals surface area contributed by atoms with Crippen LogP contribution in [0.3, 0.4) is 0 Å². The van der Waals surface area contributed by atoms with Crippen molar-refractivity contribution in [3.8, 4) is 16.3 Å². The molecule has 0 aliphatic carbocycles. The molecule has 0 fully saturated rings. The lowest BCUT2D eigenvalue weighted by molar-refractivity contribution is -0.115. The molecule has 0 saturated heterocycles. The van der Waals surface area contributed by atoms with Gasteiger partial charge >= 0.3 is 0 Å². The van der Waals surface area contributed by atoms with E-state index in [1.807, 2.05) is 31.2 Å². The average Bonchev–Trinajstić information content (AvgIpc) is 2.97. The van der Waals surface area contributed by atoms with E-state index in [4.69, 9.17) is 4.74 Å². The van der Waals surface area contributed by atoms with Crippen molar-refractivity contribution in [1.82, 2.24) is 4.98 Å². The van der Waals surface area contributed by atoms with Gasteiger partial charge in [0, 0.05) is 10.4 Å². The third-order valence-electron chi connectivity index (χ3n) is 3.68. The van der Waals surface area contributed by atoms with Crippen molar-refractivity contribution in [3.63, 3.8) is 0 Å². The maximum Gasteiger partial charge on any atom is 0.229 e. The Morgan fingerprint density at radius 2 is 2.04 bits per heavy atom. The lowest BCUT2D eigenvalue weighted by Crippen LogP contribution is -2.15. The van der Waals surface area contributed by atoms with E-state index in [9.17, 15) is 9.18 Å². The van der Waals surface area contributed by atoms with Gasteiger partial charge in [0.05, 0.1) is 24.9 Å². The molecule has 0 aliphatic rings. The number of amides is 1. The molecular weight excluding hydrogens is 339 g/mol. The Balaban J connectivity index is 1.76. The highest BCUT2D eigenvalue weighted by Gasteiger charge is 2.14. The monoisotopic (exact) mass is 356 g/mol. The molecule has 128 valence electrons. The highest BCUT2D eigenvalue weighted by molar-refractivity contribution is 7.15. The molecule has 6 heteroatoms. The van der Waals surface area contributed by atoms with Gasteiger partial charge < -0.3 is 10.1 Å². The minimum atomic E-state index is -0.450. The standard InChI is InChI=1S/C19H17FN2O2S/c1-12-17(11-18(23)22-16-9-4-3-8-15(16)20)25-19(21-12)13-6-5-7-14(10-13)24-2/h3-10H,11H2,1-2H3,(H,22,23). The fourth-order valence-corrected chi connectivity index (χ4v) is 3.43. The fraction of sp³-hybridized carbons (Fsp3) is 0.158. The number of aryl methyl sites for hydroxylation is 1. The van der Waals surface area contributed by atoms with Gasteiger partial charge in [0.15, 0.2) is 0 Å². The van der Waals surface area contributed by atoms with Gasteiger partial charge in [0.1, 0.15) is 16.6 Å². The van der Waals surface area contributed by atoms with Crippen molar-refractivity contribution in [1.29, 1.82) is 0 Å². The normalized spacial score (nSPS) is 10.5. The number of anilines is 1. The number of aromatic nitrogens is 1. The molecule has 3 rings (SSSR count). The first kappa shape index (κ1) is 17.1. The zero-order valence-corrected chi connectivity index (χ0v) is 14.7. The summed E-state index contributed by atoms with van der Waals surface area (Å²) in [5.74, 6) is 0.0344. The summed E-state index contributed by atoms with van der Waals surface area (Å²) in [5, 5.41) is 3.42. The summed E-state index contributed by atoms with van der Waals surface area (Å²) in [6.45, 7) is 1.87. The Kier molecular flexibility index (Phi) is 5.09. The number of rotatable bonds is 5. The van der Waals surface area contributed by atoms with Crippen LogP contribution in [-0.2, 0) is 11.2 Å². The first-order valence-electron chi connectivity index (χ1n) is 7.72. The second-order valence-electron chi connectivity index (χ2n) is 5.46. The third kappa shape index (κ3) is 4.03.